The SMILES string of the molecule is O=C(NC(CO)C(=O)Nc1cccc(C(F)(F)F)c1)c1ccc2ccccc2c1. The standard InChI is InChI=1S/C21H17F3N2O3/c22-21(23,24)16-6-3-7-17(11-16)25-20(29)18(12-27)26-19(28)15-9-8-13-4-1-2-5-14(13)10-15/h1-11,18,27H,12H2,(H,25,29)(H,26,28). The van der Waals surface area contributed by atoms with Crippen LogP contribution in [0.25, 0.3) is 10.8 Å². The van der Waals surface area contributed by atoms with Crippen LogP contribution in [-0.4, -0.2) is 29.6 Å². The van der Waals surface area contributed by atoms with E-state index in [-0.39, 0.29) is 11.3 Å². The van der Waals surface area contributed by atoms with Crippen molar-refractivity contribution in [2.75, 3.05) is 11.9 Å². The number of alkyl halides is 3. The molecule has 0 saturated heterocycles. The highest BCUT2D eigenvalue weighted by Crippen LogP contribution is 2.30. The number of aliphatic hydroxyl groups is 1. The van der Waals surface area contributed by atoms with Crippen molar-refractivity contribution < 1.29 is 27.9 Å². The molecule has 29 heavy (non-hydrogen) atoms. The van der Waals surface area contributed by atoms with Gasteiger partial charge in [0.15, 0.2) is 0 Å². The van der Waals surface area contributed by atoms with Crippen molar-refractivity contribution in [1.82, 2.24) is 5.32 Å². The first-order chi connectivity index (χ1) is 13.8. The van der Waals surface area contributed by atoms with Gasteiger partial charge in [-0.15, -0.1) is 0 Å². The molecule has 0 saturated carbocycles. The number of hydrogen-bond donors (Lipinski definition) is 3. The van der Waals surface area contributed by atoms with Gasteiger partial charge in [0.25, 0.3) is 5.91 Å². The number of nitrogens with one attached hydrogen (secondary N) is 2. The largest absolute Gasteiger partial charge is 0.416 e. The maximum absolute atomic E-state index is 12.8. The molecule has 3 aromatic carbocycles. The Kier molecular flexibility index (Phi) is 5.84. The van der Waals surface area contributed by atoms with Crippen molar-refractivity contribution in [2.24, 2.45) is 0 Å². The van der Waals surface area contributed by atoms with Gasteiger partial charge in [-0.3, -0.25) is 9.59 Å². The lowest BCUT2D eigenvalue weighted by atomic mass is 10.1. The molecule has 0 aliphatic heterocycles. The van der Waals surface area contributed by atoms with Crippen LogP contribution in [0, 0.1) is 0 Å². The Labute approximate surface area is 164 Å². The van der Waals surface area contributed by atoms with Crippen LogP contribution in [0.15, 0.2) is 66.7 Å². The van der Waals surface area contributed by atoms with Crippen molar-refractivity contribution >= 4 is 28.3 Å². The summed E-state index contributed by atoms with van der Waals surface area (Å²) in [5, 5.41) is 15.9. The summed E-state index contributed by atoms with van der Waals surface area (Å²) in [6, 6.07) is 15.1. The van der Waals surface area contributed by atoms with Crippen molar-refractivity contribution in [3.8, 4) is 0 Å². The molecule has 5 nitrogen and oxygen atoms in total. The number of aliphatic hydroxyl groups excluding tert-OH is 1. The third kappa shape index (κ3) is 4.91. The Morgan fingerprint density at radius 1 is 0.931 bits per heavy atom. The van der Waals surface area contributed by atoms with Gasteiger partial charge in [0.05, 0.1) is 12.2 Å². The highest BCUT2D eigenvalue weighted by molar-refractivity contribution is 6.03. The lowest BCUT2D eigenvalue weighted by Gasteiger charge is -2.17. The Hall–Kier alpha value is -3.39. The van der Waals surface area contributed by atoms with Gasteiger partial charge in [0, 0.05) is 11.3 Å². The van der Waals surface area contributed by atoms with Crippen LogP contribution in [0.2, 0.25) is 0 Å². The Morgan fingerprint density at radius 3 is 2.34 bits per heavy atom. The molecule has 1 unspecified atom stereocenters. The fraction of sp³-hybridized carbons (Fsp3) is 0.143. The predicted octanol–water partition coefficient (Wildman–Crippen LogP) is 3.59. The van der Waals surface area contributed by atoms with E-state index in [0.29, 0.717) is 0 Å². The monoisotopic (exact) mass is 402 g/mol. The van der Waals surface area contributed by atoms with Crippen LogP contribution in [0.5, 0.6) is 0 Å². The molecule has 0 aromatic heterocycles. The van der Waals surface area contributed by atoms with E-state index in [1.54, 1.807) is 18.2 Å². The summed E-state index contributed by atoms with van der Waals surface area (Å²) in [5.41, 5.74) is -0.728. The predicted molar refractivity (Wildman–Crippen MR) is 102 cm³/mol. The number of benzene rings is 3. The highest BCUT2D eigenvalue weighted by Gasteiger charge is 2.30. The quantitative estimate of drug-likeness (QED) is 0.610. The van der Waals surface area contributed by atoms with Gasteiger partial charge in [-0.25, -0.2) is 0 Å². The average Bonchev–Trinajstić information content (AvgIpc) is 2.71. The lowest BCUT2D eigenvalue weighted by molar-refractivity contribution is -0.137. The van der Waals surface area contributed by atoms with Crippen molar-refractivity contribution in [2.45, 2.75) is 12.2 Å². The van der Waals surface area contributed by atoms with Crippen LogP contribution >= 0.6 is 0 Å². The smallest absolute Gasteiger partial charge is 0.394 e. The first-order valence-electron chi connectivity index (χ1n) is 8.66. The van der Waals surface area contributed by atoms with E-state index in [4.69, 9.17) is 0 Å². The second kappa shape index (κ2) is 8.32. The van der Waals surface area contributed by atoms with Gasteiger partial charge in [0.1, 0.15) is 6.04 Å². The van der Waals surface area contributed by atoms with Gasteiger partial charge in [-0.05, 0) is 41.1 Å². The van der Waals surface area contributed by atoms with Crippen LogP contribution in [0.4, 0.5) is 18.9 Å². The fourth-order valence-electron chi connectivity index (χ4n) is 2.77. The minimum atomic E-state index is -4.55. The molecule has 0 radical (unpaired) electrons. The molecule has 150 valence electrons. The number of carbonyl (C=O) groups is 2. The number of anilines is 1. The number of hydrogen-bond acceptors (Lipinski definition) is 3. The van der Waals surface area contributed by atoms with Crippen LogP contribution < -0.4 is 10.6 Å². The third-order valence-electron chi connectivity index (χ3n) is 4.27. The highest BCUT2D eigenvalue weighted by atomic mass is 19.4. The molecule has 3 aromatic rings. The average molecular weight is 402 g/mol. The summed E-state index contributed by atoms with van der Waals surface area (Å²) in [5.74, 6) is -1.42. The zero-order valence-electron chi connectivity index (χ0n) is 15.0. The molecule has 0 bridgehead atoms. The van der Waals surface area contributed by atoms with Crippen LogP contribution in [0.3, 0.4) is 0 Å². The molecule has 8 heteroatoms. The van der Waals surface area contributed by atoms with E-state index in [0.717, 1.165) is 29.0 Å². The maximum Gasteiger partial charge on any atom is 0.416 e. The number of carbonyl (C=O) groups excluding carboxylic acids is 2. The van der Waals surface area contributed by atoms with Crippen molar-refractivity contribution in [3.05, 3.63) is 77.9 Å². The number of amides is 2. The molecule has 0 heterocycles. The second-order valence-corrected chi connectivity index (χ2v) is 6.34. The Bertz CT molecular complexity index is 1050. The Morgan fingerprint density at radius 2 is 1.66 bits per heavy atom. The maximum atomic E-state index is 12.8. The van der Waals surface area contributed by atoms with Gasteiger partial charge >= 0.3 is 6.18 Å². The Balaban J connectivity index is 1.71. The van der Waals surface area contributed by atoms with Gasteiger partial charge in [0.2, 0.25) is 5.91 Å². The first kappa shape index (κ1) is 20.3. The van der Waals surface area contributed by atoms with E-state index in [2.05, 4.69) is 10.6 Å². The van der Waals surface area contributed by atoms with Gasteiger partial charge < -0.3 is 15.7 Å². The lowest BCUT2D eigenvalue weighted by Crippen LogP contribution is -2.46. The molecular formula is C21H17F3N2O3. The normalized spacial score (nSPS) is 12.4. The van der Waals surface area contributed by atoms with Crippen LogP contribution in [-0.2, 0) is 11.0 Å². The summed E-state index contributed by atoms with van der Waals surface area (Å²) in [6.45, 7) is -0.718. The van der Waals surface area contributed by atoms with Crippen LogP contribution in [0.1, 0.15) is 15.9 Å². The zero-order valence-corrected chi connectivity index (χ0v) is 15.0. The number of rotatable bonds is 5. The van der Waals surface area contributed by atoms with Gasteiger partial charge in [-0.2, -0.15) is 13.2 Å². The van der Waals surface area contributed by atoms with E-state index in [1.165, 1.54) is 6.07 Å². The fourth-order valence-corrected chi connectivity index (χ4v) is 2.77. The zero-order chi connectivity index (χ0) is 21.0. The van der Waals surface area contributed by atoms with E-state index in [9.17, 15) is 27.9 Å². The summed E-state index contributed by atoms with van der Waals surface area (Å²) in [7, 11) is 0. The number of fused-ring (bicyclic) bond motifs is 1. The van der Waals surface area contributed by atoms with Crippen molar-refractivity contribution in [3.63, 3.8) is 0 Å². The molecular weight excluding hydrogens is 385 g/mol. The molecule has 0 spiro atoms. The summed E-state index contributed by atoms with van der Waals surface area (Å²) >= 11 is 0. The third-order valence-corrected chi connectivity index (χ3v) is 4.27. The molecule has 3 rings (SSSR count). The van der Waals surface area contributed by atoms with Gasteiger partial charge in [-0.1, -0.05) is 36.4 Å². The second-order valence-electron chi connectivity index (χ2n) is 6.34. The topological polar surface area (TPSA) is 78.4 Å². The summed E-state index contributed by atoms with van der Waals surface area (Å²) in [4.78, 5) is 24.8. The molecule has 0 fully saturated rings. The van der Waals surface area contributed by atoms with E-state index < -0.39 is 36.2 Å². The van der Waals surface area contributed by atoms with E-state index >= 15 is 0 Å². The molecule has 2 amide bonds. The molecule has 1 atom stereocenters. The minimum absolute atomic E-state index is 0.0942. The molecule has 0 aliphatic carbocycles. The summed E-state index contributed by atoms with van der Waals surface area (Å²) in [6.07, 6.45) is -4.55. The molecule has 0 aliphatic rings. The first-order valence-corrected chi connectivity index (χ1v) is 8.66. The minimum Gasteiger partial charge on any atom is -0.394 e. The van der Waals surface area contributed by atoms with E-state index in [1.807, 2.05) is 24.3 Å². The van der Waals surface area contributed by atoms with Crippen molar-refractivity contribution in [1.29, 1.82) is 0 Å². The summed E-state index contributed by atoms with van der Waals surface area (Å²) < 4.78 is 38.4. The number of halogens is 3. The molecule has 3 N–H and O–H groups in total.